The number of nitrogens with one attached hydrogen (secondary N) is 5. The second-order valence-electron chi connectivity index (χ2n) is 6.91. The topological polar surface area (TPSA) is 166 Å². The number of amides is 2. The lowest BCUT2D eigenvalue weighted by molar-refractivity contribution is -0.115. The molecule has 2 amide bonds. The standard InChI is InChI=1S/C21H18N6O5S/c28-19(24-13-4-3-9-22-11-13)12-23-20(29)15-5-1-2-6-16(15)27-33(31,32)14-7-8-17-18(10-14)26-21(30)25-17/h1-11,27H,12H2,(H,23,29)(H,24,28)(H2,25,26,30). The molecule has 5 N–H and O–H groups in total. The van der Waals surface area contributed by atoms with Crippen LogP contribution in [0.3, 0.4) is 0 Å². The first kappa shape index (κ1) is 21.8. The van der Waals surface area contributed by atoms with Gasteiger partial charge in [0.2, 0.25) is 5.91 Å². The Bertz CT molecular complexity index is 1490. The summed E-state index contributed by atoms with van der Waals surface area (Å²) in [5, 5.41) is 5.05. The molecule has 0 radical (unpaired) electrons. The largest absolute Gasteiger partial charge is 0.343 e. The Kier molecular flexibility index (Phi) is 5.91. The SMILES string of the molecule is O=C(CNC(=O)c1ccccc1NS(=O)(=O)c1ccc2[nH]c(=O)[nH]c2c1)Nc1cccnc1. The summed E-state index contributed by atoms with van der Waals surface area (Å²) in [5.74, 6) is -1.11. The van der Waals surface area contributed by atoms with Crippen molar-refractivity contribution in [1.29, 1.82) is 0 Å². The van der Waals surface area contributed by atoms with Gasteiger partial charge in [-0.05, 0) is 42.5 Å². The number of carbonyl (C=O) groups is 2. The molecule has 2 aromatic carbocycles. The summed E-state index contributed by atoms with van der Waals surface area (Å²) in [5.41, 5.74) is 0.876. The van der Waals surface area contributed by atoms with Crippen molar-refractivity contribution in [3.63, 3.8) is 0 Å². The van der Waals surface area contributed by atoms with Gasteiger partial charge < -0.3 is 20.6 Å². The number of aromatic nitrogens is 3. The second-order valence-corrected chi connectivity index (χ2v) is 8.59. The summed E-state index contributed by atoms with van der Waals surface area (Å²) >= 11 is 0. The number of carbonyl (C=O) groups excluding carboxylic acids is 2. The van der Waals surface area contributed by atoms with Crippen molar-refractivity contribution < 1.29 is 18.0 Å². The third-order valence-corrected chi connectivity index (χ3v) is 5.93. The summed E-state index contributed by atoms with van der Waals surface area (Å²) in [4.78, 5) is 44.9. The molecule has 0 aliphatic carbocycles. The lowest BCUT2D eigenvalue weighted by Gasteiger charge is -2.13. The summed E-state index contributed by atoms with van der Waals surface area (Å²) in [6.07, 6.45) is 3.02. The minimum atomic E-state index is -4.08. The van der Waals surface area contributed by atoms with Crippen molar-refractivity contribution in [2.75, 3.05) is 16.6 Å². The predicted molar refractivity (Wildman–Crippen MR) is 121 cm³/mol. The minimum absolute atomic E-state index is 0.0327. The smallest absolute Gasteiger partial charge is 0.323 e. The third-order valence-electron chi connectivity index (χ3n) is 4.57. The Morgan fingerprint density at radius 1 is 0.970 bits per heavy atom. The van der Waals surface area contributed by atoms with Crippen LogP contribution in [0.15, 0.2) is 76.7 Å². The highest BCUT2D eigenvalue weighted by molar-refractivity contribution is 7.92. The molecule has 2 heterocycles. The van der Waals surface area contributed by atoms with E-state index in [2.05, 4.69) is 30.3 Å². The van der Waals surface area contributed by atoms with Gasteiger partial charge in [-0.3, -0.25) is 19.3 Å². The lowest BCUT2D eigenvalue weighted by atomic mass is 10.1. The van der Waals surface area contributed by atoms with Crippen LogP contribution in [0.4, 0.5) is 11.4 Å². The van der Waals surface area contributed by atoms with Gasteiger partial charge in [0.1, 0.15) is 0 Å². The normalized spacial score (nSPS) is 11.2. The molecular formula is C21H18N6O5S. The number of nitrogens with zero attached hydrogens (tertiary/aromatic N) is 1. The van der Waals surface area contributed by atoms with Crippen LogP contribution in [-0.2, 0) is 14.8 Å². The van der Waals surface area contributed by atoms with E-state index in [-0.39, 0.29) is 22.7 Å². The van der Waals surface area contributed by atoms with E-state index in [0.717, 1.165) is 0 Å². The van der Waals surface area contributed by atoms with E-state index in [9.17, 15) is 22.8 Å². The van der Waals surface area contributed by atoms with E-state index in [1.54, 1.807) is 30.5 Å². The monoisotopic (exact) mass is 466 g/mol. The van der Waals surface area contributed by atoms with Crippen LogP contribution in [0, 0.1) is 0 Å². The Balaban J connectivity index is 1.48. The van der Waals surface area contributed by atoms with Gasteiger partial charge >= 0.3 is 5.69 Å². The van der Waals surface area contributed by atoms with Crippen molar-refractivity contribution in [3.8, 4) is 0 Å². The lowest BCUT2D eigenvalue weighted by Crippen LogP contribution is -2.33. The van der Waals surface area contributed by atoms with E-state index < -0.39 is 27.5 Å². The number of H-pyrrole nitrogens is 2. The molecule has 0 saturated heterocycles. The number of sulfonamides is 1. The average Bonchev–Trinajstić information content (AvgIpc) is 3.17. The maximum atomic E-state index is 12.9. The number of para-hydroxylation sites is 1. The number of rotatable bonds is 7. The van der Waals surface area contributed by atoms with Crippen molar-refractivity contribution in [3.05, 3.63) is 83.0 Å². The van der Waals surface area contributed by atoms with E-state index in [0.29, 0.717) is 16.7 Å². The molecule has 0 fully saturated rings. The fourth-order valence-electron chi connectivity index (χ4n) is 3.05. The van der Waals surface area contributed by atoms with E-state index in [1.165, 1.54) is 36.5 Å². The van der Waals surface area contributed by atoms with Crippen LogP contribution in [-0.4, -0.2) is 41.7 Å². The van der Waals surface area contributed by atoms with Gasteiger partial charge in [0.25, 0.3) is 15.9 Å². The number of benzene rings is 2. The summed E-state index contributed by atoms with van der Waals surface area (Å²) in [6.45, 7) is -0.327. The number of hydrogen-bond donors (Lipinski definition) is 5. The second kappa shape index (κ2) is 8.96. The zero-order chi connectivity index (χ0) is 23.4. The van der Waals surface area contributed by atoms with Crippen molar-refractivity contribution in [1.82, 2.24) is 20.3 Å². The first-order valence-corrected chi connectivity index (χ1v) is 11.1. The van der Waals surface area contributed by atoms with Crippen LogP contribution in [0.25, 0.3) is 11.0 Å². The van der Waals surface area contributed by atoms with Gasteiger partial charge in [0, 0.05) is 6.20 Å². The number of anilines is 2. The van der Waals surface area contributed by atoms with E-state index >= 15 is 0 Å². The fraction of sp³-hybridized carbons (Fsp3) is 0.0476. The number of pyridine rings is 1. The maximum Gasteiger partial charge on any atom is 0.323 e. The first-order valence-electron chi connectivity index (χ1n) is 9.64. The van der Waals surface area contributed by atoms with Crippen LogP contribution in [0.2, 0.25) is 0 Å². The Morgan fingerprint density at radius 2 is 1.76 bits per heavy atom. The highest BCUT2D eigenvalue weighted by Crippen LogP contribution is 2.22. The molecule has 0 aliphatic rings. The molecule has 0 unspecified atom stereocenters. The van der Waals surface area contributed by atoms with Crippen LogP contribution in [0.5, 0.6) is 0 Å². The van der Waals surface area contributed by atoms with Crippen molar-refractivity contribution >= 4 is 44.2 Å². The maximum absolute atomic E-state index is 12.9. The Labute approximate surface area is 187 Å². The molecule has 33 heavy (non-hydrogen) atoms. The van der Waals surface area contributed by atoms with Crippen molar-refractivity contribution in [2.45, 2.75) is 4.90 Å². The number of fused-ring (bicyclic) bond motifs is 1. The van der Waals surface area contributed by atoms with Gasteiger partial charge in [0.05, 0.1) is 45.6 Å². The summed E-state index contributed by atoms with van der Waals surface area (Å²) in [7, 11) is -4.08. The van der Waals surface area contributed by atoms with E-state index in [4.69, 9.17) is 0 Å². The molecular weight excluding hydrogens is 448 g/mol. The third kappa shape index (κ3) is 5.07. The van der Waals surface area contributed by atoms with Gasteiger partial charge in [-0.2, -0.15) is 0 Å². The molecule has 4 aromatic rings. The summed E-state index contributed by atoms with van der Waals surface area (Å²) < 4.78 is 28.1. The fourth-order valence-corrected chi connectivity index (χ4v) is 4.16. The van der Waals surface area contributed by atoms with Crippen LogP contribution in [0.1, 0.15) is 10.4 Å². The summed E-state index contributed by atoms with van der Waals surface area (Å²) in [6, 6.07) is 13.4. The number of imidazole rings is 1. The molecule has 0 aliphatic heterocycles. The van der Waals surface area contributed by atoms with E-state index in [1.807, 2.05) is 0 Å². The van der Waals surface area contributed by atoms with Gasteiger partial charge in [-0.1, -0.05) is 12.1 Å². The molecule has 168 valence electrons. The van der Waals surface area contributed by atoms with Gasteiger partial charge in [-0.25, -0.2) is 13.2 Å². The number of hydrogen-bond acceptors (Lipinski definition) is 6. The molecule has 2 aromatic heterocycles. The van der Waals surface area contributed by atoms with Crippen LogP contribution >= 0.6 is 0 Å². The highest BCUT2D eigenvalue weighted by atomic mass is 32.2. The Hall–Kier alpha value is -4.45. The molecule has 12 heteroatoms. The molecule has 11 nitrogen and oxygen atoms in total. The van der Waals surface area contributed by atoms with Crippen LogP contribution < -0.4 is 21.0 Å². The molecule has 0 spiro atoms. The molecule has 4 rings (SSSR count). The van der Waals surface area contributed by atoms with Crippen molar-refractivity contribution in [2.24, 2.45) is 0 Å². The Morgan fingerprint density at radius 3 is 2.55 bits per heavy atom. The molecule has 0 atom stereocenters. The molecule has 0 bridgehead atoms. The number of aromatic amines is 2. The first-order chi connectivity index (χ1) is 15.8. The zero-order valence-electron chi connectivity index (χ0n) is 17.0. The quantitative estimate of drug-likeness (QED) is 0.276. The van der Waals surface area contributed by atoms with Gasteiger partial charge in [0.15, 0.2) is 0 Å². The van der Waals surface area contributed by atoms with Gasteiger partial charge in [-0.15, -0.1) is 0 Å². The minimum Gasteiger partial charge on any atom is -0.343 e. The highest BCUT2D eigenvalue weighted by Gasteiger charge is 2.20. The predicted octanol–water partition coefficient (Wildman–Crippen LogP) is 1.42. The average molecular weight is 466 g/mol. The zero-order valence-corrected chi connectivity index (χ0v) is 17.8. The molecule has 0 saturated carbocycles.